The molecule has 0 radical (unpaired) electrons. The van der Waals surface area contributed by atoms with Gasteiger partial charge in [0.15, 0.2) is 11.5 Å². The Morgan fingerprint density at radius 3 is 2.83 bits per heavy atom. The summed E-state index contributed by atoms with van der Waals surface area (Å²) in [6.07, 6.45) is 2.86. The lowest BCUT2D eigenvalue weighted by atomic mass is 10.2. The third kappa shape index (κ3) is 2.81. The molecule has 1 aliphatic heterocycles. The second kappa shape index (κ2) is 6.08. The quantitative estimate of drug-likeness (QED) is 0.805. The zero-order chi connectivity index (χ0) is 16.4. The first-order valence-electron chi connectivity index (χ1n) is 7.59. The van der Waals surface area contributed by atoms with Gasteiger partial charge in [-0.1, -0.05) is 18.2 Å². The Bertz CT molecular complexity index is 861. The van der Waals surface area contributed by atoms with Gasteiger partial charge in [-0.05, 0) is 36.4 Å². The molecule has 1 N–H and O–H groups in total. The van der Waals surface area contributed by atoms with Crippen molar-refractivity contribution in [3.63, 3.8) is 0 Å². The topological polar surface area (TPSA) is 65.4 Å². The molecule has 4 rings (SSSR count). The van der Waals surface area contributed by atoms with Gasteiger partial charge in [0, 0.05) is 18.1 Å². The number of hydrogen-bond donors (Lipinski definition) is 1. The molecule has 1 atom stereocenters. The van der Waals surface area contributed by atoms with Gasteiger partial charge in [-0.3, -0.25) is 4.79 Å². The molecule has 1 unspecified atom stereocenters. The lowest BCUT2D eigenvalue weighted by molar-refractivity contribution is -0.125. The van der Waals surface area contributed by atoms with E-state index in [1.165, 1.54) is 0 Å². The summed E-state index contributed by atoms with van der Waals surface area (Å²) in [6.45, 7) is 0.182. The Balaban J connectivity index is 1.48. The lowest BCUT2D eigenvalue weighted by Crippen LogP contribution is -2.40. The van der Waals surface area contributed by atoms with Crippen molar-refractivity contribution in [2.24, 2.45) is 0 Å². The SMILES string of the molecule is O=C(Nc1cccc(-n2cccn2)c1)C1COc2ccccc2O1. The minimum absolute atomic E-state index is 0.182. The van der Waals surface area contributed by atoms with Gasteiger partial charge in [0.2, 0.25) is 6.10 Å². The van der Waals surface area contributed by atoms with Crippen LogP contribution in [0.2, 0.25) is 0 Å². The third-order valence-corrected chi connectivity index (χ3v) is 3.68. The van der Waals surface area contributed by atoms with Gasteiger partial charge in [0.05, 0.1) is 5.69 Å². The van der Waals surface area contributed by atoms with Crippen LogP contribution in [0.3, 0.4) is 0 Å². The molecule has 2 aromatic carbocycles. The summed E-state index contributed by atoms with van der Waals surface area (Å²) in [7, 11) is 0. The van der Waals surface area contributed by atoms with E-state index in [0.717, 1.165) is 5.69 Å². The van der Waals surface area contributed by atoms with Crippen molar-refractivity contribution < 1.29 is 14.3 Å². The van der Waals surface area contributed by atoms with Gasteiger partial charge in [-0.25, -0.2) is 4.68 Å². The van der Waals surface area contributed by atoms with Gasteiger partial charge in [0.25, 0.3) is 5.91 Å². The number of aromatic nitrogens is 2. The third-order valence-electron chi connectivity index (χ3n) is 3.68. The van der Waals surface area contributed by atoms with E-state index in [1.54, 1.807) is 16.9 Å². The molecule has 0 fully saturated rings. The highest BCUT2D eigenvalue weighted by Gasteiger charge is 2.27. The highest BCUT2D eigenvalue weighted by molar-refractivity contribution is 5.95. The molecule has 0 saturated carbocycles. The molecule has 120 valence electrons. The molecule has 6 heteroatoms. The van der Waals surface area contributed by atoms with Crippen molar-refractivity contribution in [2.75, 3.05) is 11.9 Å². The summed E-state index contributed by atoms with van der Waals surface area (Å²) in [4.78, 5) is 12.4. The molecule has 1 amide bonds. The monoisotopic (exact) mass is 321 g/mol. The van der Waals surface area contributed by atoms with Crippen molar-refractivity contribution in [3.05, 3.63) is 67.0 Å². The first-order chi connectivity index (χ1) is 11.8. The summed E-state index contributed by atoms with van der Waals surface area (Å²) in [5, 5.41) is 7.04. The first kappa shape index (κ1) is 14.3. The Morgan fingerprint density at radius 1 is 1.12 bits per heavy atom. The van der Waals surface area contributed by atoms with E-state index in [1.807, 2.05) is 54.7 Å². The van der Waals surface area contributed by atoms with E-state index in [-0.39, 0.29) is 12.5 Å². The second-order valence-electron chi connectivity index (χ2n) is 5.35. The number of nitrogens with zero attached hydrogens (tertiary/aromatic N) is 2. The van der Waals surface area contributed by atoms with E-state index < -0.39 is 6.10 Å². The van der Waals surface area contributed by atoms with Crippen LogP contribution in [0, 0.1) is 0 Å². The van der Waals surface area contributed by atoms with Crippen molar-refractivity contribution >= 4 is 11.6 Å². The number of anilines is 1. The number of carbonyl (C=O) groups is 1. The smallest absolute Gasteiger partial charge is 0.269 e. The average molecular weight is 321 g/mol. The highest BCUT2D eigenvalue weighted by Crippen LogP contribution is 2.31. The molecule has 3 aromatic rings. The molecule has 0 bridgehead atoms. The normalized spacial score (nSPS) is 15.8. The second-order valence-corrected chi connectivity index (χ2v) is 5.35. The molecule has 1 aromatic heterocycles. The molecule has 0 aliphatic carbocycles. The van der Waals surface area contributed by atoms with Gasteiger partial charge < -0.3 is 14.8 Å². The van der Waals surface area contributed by atoms with Crippen LogP contribution in [-0.2, 0) is 4.79 Å². The standard InChI is InChI=1S/C18H15N3O3/c22-18(17-12-23-15-7-1-2-8-16(15)24-17)20-13-5-3-6-14(11-13)21-10-4-9-19-21/h1-11,17H,12H2,(H,20,22). The average Bonchev–Trinajstić information content (AvgIpc) is 3.16. The van der Waals surface area contributed by atoms with Crippen LogP contribution in [0.25, 0.3) is 5.69 Å². The summed E-state index contributed by atoms with van der Waals surface area (Å²) in [5.41, 5.74) is 1.54. The number of nitrogens with one attached hydrogen (secondary N) is 1. The molecular weight excluding hydrogens is 306 g/mol. The van der Waals surface area contributed by atoms with Crippen LogP contribution in [0.4, 0.5) is 5.69 Å². The molecule has 1 aliphatic rings. The summed E-state index contributed by atoms with van der Waals surface area (Å²) >= 11 is 0. The molecular formula is C18H15N3O3. The maximum Gasteiger partial charge on any atom is 0.269 e. The van der Waals surface area contributed by atoms with Gasteiger partial charge in [0.1, 0.15) is 6.61 Å². The molecule has 0 saturated heterocycles. The predicted octanol–water partition coefficient (Wildman–Crippen LogP) is 2.65. The van der Waals surface area contributed by atoms with E-state index in [0.29, 0.717) is 17.2 Å². The zero-order valence-corrected chi connectivity index (χ0v) is 12.8. The Hall–Kier alpha value is -3.28. The van der Waals surface area contributed by atoms with Crippen LogP contribution in [-0.4, -0.2) is 28.4 Å². The predicted molar refractivity (Wildman–Crippen MR) is 88.5 cm³/mol. The number of rotatable bonds is 3. The number of amides is 1. The van der Waals surface area contributed by atoms with Gasteiger partial charge in [-0.15, -0.1) is 0 Å². The molecule has 0 spiro atoms. The van der Waals surface area contributed by atoms with E-state index in [4.69, 9.17) is 9.47 Å². The van der Waals surface area contributed by atoms with E-state index >= 15 is 0 Å². The van der Waals surface area contributed by atoms with Crippen LogP contribution in [0.1, 0.15) is 0 Å². The largest absolute Gasteiger partial charge is 0.485 e. The number of ether oxygens (including phenoxy) is 2. The number of para-hydroxylation sites is 2. The van der Waals surface area contributed by atoms with Crippen molar-refractivity contribution in [2.45, 2.75) is 6.10 Å². The Kier molecular flexibility index (Phi) is 3.63. The zero-order valence-electron chi connectivity index (χ0n) is 12.8. The van der Waals surface area contributed by atoms with E-state index in [2.05, 4.69) is 10.4 Å². The van der Waals surface area contributed by atoms with Gasteiger partial charge >= 0.3 is 0 Å². The fourth-order valence-electron chi connectivity index (χ4n) is 2.52. The van der Waals surface area contributed by atoms with Crippen LogP contribution >= 0.6 is 0 Å². The number of fused-ring (bicyclic) bond motifs is 1. The van der Waals surface area contributed by atoms with Gasteiger partial charge in [-0.2, -0.15) is 5.10 Å². The number of hydrogen-bond acceptors (Lipinski definition) is 4. The number of carbonyl (C=O) groups excluding carboxylic acids is 1. The summed E-state index contributed by atoms with van der Waals surface area (Å²) in [5.74, 6) is 0.985. The molecule has 24 heavy (non-hydrogen) atoms. The van der Waals surface area contributed by atoms with E-state index in [9.17, 15) is 4.79 Å². The fraction of sp³-hybridized carbons (Fsp3) is 0.111. The lowest BCUT2D eigenvalue weighted by Gasteiger charge is -2.25. The van der Waals surface area contributed by atoms with Crippen molar-refractivity contribution in [1.82, 2.24) is 9.78 Å². The Labute approximate surface area is 138 Å². The van der Waals surface area contributed by atoms with Crippen LogP contribution in [0.15, 0.2) is 67.0 Å². The Morgan fingerprint density at radius 2 is 2.00 bits per heavy atom. The van der Waals surface area contributed by atoms with Crippen molar-refractivity contribution in [3.8, 4) is 17.2 Å². The summed E-state index contributed by atoms with van der Waals surface area (Å²) < 4.78 is 13.0. The molecule has 6 nitrogen and oxygen atoms in total. The minimum atomic E-state index is -0.687. The highest BCUT2D eigenvalue weighted by atomic mass is 16.6. The molecule has 2 heterocycles. The maximum absolute atomic E-state index is 12.4. The fourth-order valence-corrected chi connectivity index (χ4v) is 2.52. The van der Waals surface area contributed by atoms with Crippen LogP contribution < -0.4 is 14.8 Å². The minimum Gasteiger partial charge on any atom is -0.485 e. The first-order valence-corrected chi connectivity index (χ1v) is 7.59. The maximum atomic E-state index is 12.4. The van der Waals surface area contributed by atoms with Crippen molar-refractivity contribution in [1.29, 1.82) is 0 Å². The number of benzene rings is 2. The summed E-state index contributed by atoms with van der Waals surface area (Å²) in [6, 6.07) is 16.6. The van der Waals surface area contributed by atoms with Crippen LogP contribution in [0.5, 0.6) is 11.5 Å².